The van der Waals surface area contributed by atoms with Gasteiger partial charge in [-0.15, -0.1) is 0 Å². The van der Waals surface area contributed by atoms with Gasteiger partial charge in [-0.05, 0) is 75.2 Å². The standard InChI is InChI=1S/C28H38N4O8/c1-27(2,24(34)35)39-22-13-9-20(10-14-22)31-25(36)29-17-7-5-6-8-18-30-26(37)32-21-11-15-23(16-12-21)40-28(3,4)38-19-33/h9-16,19H,5-8,17-18H2,1-4H3,(H,34,35)(H2,29,31,36)(H2,30,32,37). The van der Waals surface area contributed by atoms with Gasteiger partial charge in [0.2, 0.25) is 5.79 Å². The molecule has 2 aromatic rings. The SMILES string of the molecule is CC(C)(OC=O)Oc1ccc(NC(=O)NCCCCCCNC(=O)Nc2ccc(OC(C)(C)C(=O)O)cc2)cc1. The topological polar surface area (TPSA) is 164 Å². The van der Waals surface area contributed by atoms with E-state index in [-0.39, 0.29) is 12.1 Å². The van der Waals surface area contributed by atoms with E-state index in [1.54, 1.807) is 62.4 Å². The van der Waals surface area contributed by atoms with E-state index in [0.29, 0.717) is 42.4 Å². The van der Waals surface area contributed by atoms with Gasteiger partial charge >= 0.3 is 18.0 Å². The third kappa shape index (κ3) is 11.9. The van der Waals surface area contributed by atoms with E-state index in [1.807, 2.05) is 0 Å². The molecule has 0 bridgehead atoms. The molecule has 0 saturated carbocycles. The van der Waals surface area contributed by atoms with Crippen molar-refractivity contribution < 1.29 is 38.5 Å². The molecule has 0 aliphatic heterocycles. The minimum atomic E-state index is -1.35. The predicted molar refractivity (Wildman–Crippen MR) is 150 cm³/mol. The Hall–Kier alpha value is -4.48. The number of rotatable bonds is 16. The number of amides is 4. The lowest BCUT2D eigenvalue weighted by Gasteiger charge is -2.24. The van der Waals surface area contributed by atoms with Crippen LogP contribution in [-0.2, 0) is 14.3 Å². The monoisotopic (exact) mass is 558 g/mol. The fourth-order valence-electron chi connectivity index (χ4n) is 3.33. The number of carboxylic acid groups (broad SMARTS) is 1. The van der Waals surface area contributed by atoms with Crippen molar-refractivity contribution in [3.63, 3.8) is 0 Å². The van der Waals surface area contributed by atoms with Gasteiger partial charge in [-0.2, -0.15) is 0 Å². The molecule has 12 nitrogen and oxygen atoms in total. The van der Waals surface area contributed by atoms with Gasteiger partial charge < -0.3 is 40.6 Å². The maximum atomic E-state index is 12.1. The summed E-state index contributed by atoms with van der Waals surface area (Å²) in [6.07, 6.45) is 3.37. The molecule has 0 atom stereocenters. The van der Waals surface area contributed by atoms with E-state index in [9.17, 15) is 19.2 Å². The number of hydrogen-bond acceptors (Lipinski definition) is 7. The van der Waals surface area contributed by atoms with Crippen LogP contribution in [0.5, 0.6) is 11.5 Å². The summed E-state index contributed by atoms with van der Waals surface area (Å²) in [6.45, 7) is 7.49. The lowest BCUT2D eigenvalue weighted by Crippen LogP contribution is -2.37. The predicted octanol–water partition coefficient (Wildman–Crippen LogP) is 4.72. The number of urea groups is 2. The van der Waals surface area contributed by atoms with Crippen LogP contribution in [0.3, 0.4) is 0 Å². The van der Waals surface area contributed by atoms with Crippen LogP contribution in [0, 0.1) is 0 Å². The van der Waals surface area contributed by atoms with Crippen molar-refractivity contribution >= 4 is 35.9 Å². The van der Waals surface area contributed by atoms with Crippen molar-refractivity contribution in [3.05, 3.63) is 48.5 Å². The zero-order valence-corrected chi connectivity index (χ0v) is 23.2. The first-order chi connectivity index (χ1) is 18.9. The van der Waals surface area contributed by atoms with Crippen LogP contribution in [-0.4, -0.2) is 54.1 Å². The van der Waals surface area contributed by atoms with Crippen molar-refractivity contribution in [2.45, 2.75) is 64.8 Å². The number of anilines is 2. The summed E-state index contributed by atoms with van der Waals surface area (Å²) >= 11 is 0. The highest BCUT2D eigenvalue weighted by Crippen LogP contribution is 2.22. The zero-order chi connectivity index (χ0) is 29.6. The summed E-state index contributed by atoms with van der Waals surface area (Å²) in [5, 5.41) is 20.2. The summed E-state index contributed by atoms with van der Waals surface area (Å²) in [5.41, 5.74) is -0.207. The van der Waals surface area contributed by atoms with Crippen LogP contribution in [0.1, 0.15) is 53.4 Å². The van der Waals surface area contributed by atoms with Crippen LogP contribution >= 0.6 is 0 Å². The van der Waals surface area contributed by atoms with E-state index in [1.165, 1.54) is 13.8 Å². The van der Waals surface area contributed by atoms with Crippen LogP contribution in [0.15, 0.2) is 48.5 Å². The van der Waals surface area contributed by atoms with E-state index in [2.05, 4.69) is 21.3 Å². The van der Waals surface area contributed by atoms with Crippen molar-refractivity contribution in [2.75, 3.05) is 23.7 Å². The minimum absolute atomic E-state index is 0.318. The molecule has 0 fully saturated rings. The number of carboxylic acids is 1. The number of hydrogen-bond donors (Lipinski definition) is 5. The molecular formula is C28H38N4O8. The van der Waals surface area contributed by atoms with Gasteiger partial charge in [0.05, 0.1) is 0 Å². The van der Waals surface area contributed by atoms with Crippen LogP contribution < -0.4 is 30.7 Å². The van der Waals surface area contributed by atoms with Crippen molar-refractivity contribution in [1.29, 1.82) is 0 Å². The molecule has 4 amide bonds. The highest BCUT2D eigenvalue weighted by Gasteiger charge is 2.29. The summed E-state index contributed by atoms with van der Waals surface area (Å²) in [5.74, 6) is -1.29. The smallest absolute Gasteiger partial charge is 0.347 e. The third-order valence-electron chi connectivity index (χ3n) is 5.48. The minimum Gasteiger partial charge on any atom is -0.478 e. The molecular weight excluding hydrogens is 520 g/mol. The van der Waals surface area contributed by atoms with Gasteiger partial charge in [-0.1, -0.05) is 12.8 Å². The quantitative estimate of drug-likeness (QED) is 0.112. The van der Waals surface area contributed by atoms with Crippen molar-refractivity contribution in [1.82, 2.24) is 10.6 Å². The maximum absolute atomic E-state index is 12.1. The zero-order valence-electron chi connectivity index (χ0n) is 23.2. The molecule has 5 N–H and O–H groups in total. The Morgan fingerprint density at radius 1 is 0.725 bits per heavy atom. The molecule has 0 spiro atoms. The Bertz CT molecular complexity index is 1120. The van der Waals surface area contributed by atoms with E-state index >= 15 is 0 Å². The van der Waals surface area contributed by atoms with Crippen LogP contribution in [0.2, 0.25) is 0 Å². The molecule has 0 aliphatic rings. The molecule has 0 aromatic heterocycles. The fraction of sp³-hybridized carbons (Fsp3) is 0.429. The Balaban J connectivity index is 1.54. The van der Waals surface area contributed by atoms with Gasteiger partial charge in [0.25, 0.3) is 6.47 Å². The highest BCUT2D eigenvalue weighted by atomic mass is 16.7. The first kappa shape index (κ1) is 31.7. The first-order valence-corrected chi connectivity index (χ1v) is 12.9. The molecule has 0 heterocycles. The molecule has 40 heavy (non-hydrogen) atoms. The number of carbonyl (C=O) groups excluding carboxylic acids is 3. The number of ether oxygens (including phenoxy) is 3. The number of nitrogens with one attached hydrogen (secondary N) is 4. The number of benzene rings is 2. The van der Waals surface area contributed by atoms with E-state index in [4.69, 9.17) is 19.3 Å². The number of aliphatic carboxylic acids is 1. The van der Waals surface area contributed by atoms with E-state index in [0.717, 1.165) is 25.7 Å². The lowest BCUT2D eigenvalue weighted by molar-refractivity contribution is -0.170. The molecule has 2 aromatic carbocycles. The molecule has 0 saturated heterocycles. The molecule has 0 unspecified atom stereocenters. The van der Waals surface area contributed by atoms with E-state index < -0.39 is 17.4 Å². The van der Waals surface area contributed by atoms with Crippen molar-refractivity contribution in [3.8, 4) is 11.5 Å². The summed E-state index contributed by atoms with van der Waals surface area (Å²) in [7, 11) is 0. The first-order valence-electron chi connectivity index (χ1n) is 12.9. The molecule has 0 radical (unpaired) electrons. The van der Waals surface area contributed by atoms with Crippen LogP contribution in [0.25, 0.3) is 0 Å². The Labute approximate surface area is 233 Å². The van der Waals surface area contributed by atoms with Gasteiger partial charge in [-0.25, -0.2) is 14.4 Å². The largest absolute Gasteiger partial charge is 0.478 e. The fourth-order valence-corrected chi connectivity index (χ4v) is 3.33. The van der Waals surface area contributed by atoms with Gasteiger partial charge in [0, 0.05) is 38.3 Å². The normalized spacial score (nSPS) is 11.1. The molecule has 12 heteroatoms. The second-order valence-corrected chi connectivity index (χ2v) is 9.86. The Morgan fingerprint density at radius 2 is 1.15 bits per heavy atom. The third-order valence-corrected chi connectivity index (χ3v) is 5.48. The highest BCUT2D eigenvalue weighted by molar-refractivity contribution is 5.89. The second kappa shape index (κ2) is 15.2. The molecule has 218 valence electrons. The summed E-state index contributed by atoms with van der Waals surface area (Å²) in [4.78, 5) is 45.8. The van der Waals surface area contributed by atoms with Crippen LogP contribution in [0.4, 0.5) is 21.0 Å². The Morgan fingerprint density at radius 3 is 1.55 bits per heavy atom. The molecule has 2 rings (SSSR count). The second-order valence-electron chi connectivity index (χ2n) is 9.86. The van der Waals surface area contributed by atoms with Gasteiger partial charge in [0.15, 0.2) is 5.60 Å². The number of unbranched alkanes of at least 4 members (excludes halogenated alkanes) is 3. The maximum Gasteiger partial charge on any atom is 0.347 e. The number of carbonyl (C=O) groups is 4. The lowest BCUT2D eigenvalue weighted by atomic mass is 10.1. The van der Waals surface area contributed by atoms with Crippen molar-refractivity contribution in [2.24, 2.45) is 0 Å². The molecule has 0 aliphatic carbocycles. The van der Waals surface area contributed by atoms with Gasteiger partial charge in [0.1, 0.15) is 11.5 Å². The average Bonchev–Trinajstić information content (AvgIpc) is 2.87. The summed E-state index contributed by atoms with van der Waals surface area (Å²) in [6, 6.07) is 12.5. The average molecular weight is 559 g/mol. The van der Waals surface area contributed by atoms with Gasteiger partial charge in [-0.3, -0.25) is 4.79 Å². The summed E-state index contributed by atoms with van der Waals surface area (Å²) < 4.78 is 15.8. The Kier molecular flexibility index (Phi) is 12.1.